The summed E-state index contributed by atoms with van der Waals surface area (Å²) in [6.45, 7) is 5.76. The molecule has 1 aromatic carbocycles. The zero-order chi connectivity index (χ0) is 22.0. The van der Waals surface area contributed by atoms with Gasteiger partial charge in [0.25, 0.3) is 11.6 Å². The zero-order valence-electron chi connectivity index (χ0n) is 17.9. The van der Waals surface area contributed by atoms with Gasteiger partial charge in [0.1, 0.15) is 6.54 Å². The first-order valence-electron chi connectivity index (χ1n) is 10.1. The molecule has 0 unspecified atom stereocenters. The van der Waals surface area contributed by atoms with Crippen LogP contribution in [0, 0.1) is 17.0 Å². The highest BCUT2D eigenvalue weighted by atomic mass is 16.6. The SMILES string of the molecule is Cc1ccc(C(=O)N(CC(=O)N(Cc2cccn2C)C2CC2)C(C)C)cc1[N+](=O)[O-]. The minimum atomic E-state index is -0.494. The Bertz CT molecular complexity index is 962. The summed E-state index contributed by atoms with van der Waals surface area (Å²) in [6, 6.07) is 8.35. The molecule has 0 aliphatic heterocycles. The predicted molar refractivity (Wildman–Crippen MR) is 113 cm³/mol. The highest BCUT2D eigenvalue weighted by Crippen LogP contribution is 2.29. The molecule has 0 radical (unpaired) electrons. The Balaban J connectivity index is 1.79. The number of rotatable bonds is 8. The molecule has 8 heteroatoms. The number of aryl methyl sites for hydroxylation is 2. The van der Waals surface area contributed by atoms with E-state index < -0.39 is 4.92 Å². The molecule has 0 spiro atoms. The van der Waals surface area contributed by atoms with Gasteiger partial charge in [0, 0.05) is 48.2 Å². The molecule has 0 atom stereocenters. The van der Waals surface area contributed by atoms with Crippen LogP contribution in [-0.4, -0.2) is 49.7 Å². The van der Waals surface area contributed by atoms with Gasteiger partial charge in [-0.1, -0.05) is 6.07 Å². The van der Waals surface area contributed by atoms with Crippen molar-refractivity contribution in [1.82, 2.24) is 14.4 Å². The summed E-state index contributed by atoms with van der Waals surface area (Å²) in [5.41, 5.74) is 1.64. The van der Waals surface area contributed by atoms with E-state index in [1.165, 1.54) is 11.0 Å². The van der Waals surface area contributed by atoms with Gasteiger partial charge in [-0.05, 0) is 51.8 Å². The number of amides is 2. The van der Waals surface area contributed by atoms with E-state index in [1.807, 2.05) is 48.7 Å². The highest BCUT2D eigenvalue weighted by Gasteiger charge is 2.35. The van der Waals surface area contributed by atoms with E-state index in [0.29, 0.717) is 12.1 Å². The molecule has 1 aromatic heterocycles. The van der Waals surface area contributed by atoms with Gasteiger partial charge in [-0.2, -0.15) is 0 Å². The standard InChI is InChI=1S/C22H28N4O4/c1-15(2)24(22(28)17-8-7-16(3)20(12-17)26(29)30)14-21(27)25(18-9-10-18)13-19-6-5-11-23(19)4/h5-8,11-12,15,18H,9-10,13-14H2,1-4H3. The van der Waals surface area contributed by atoms with Crippen molar-refractivity contribution < 1.29 is 14.5 Å². The lowest BCUT2D eigenvalue weighted by Gasteiger charge is -2.30. The van der Waals surface area contributed by atoms with Crippen molar-refractivity contribution in [3.05, 3.63) is 63.5 Å². The first-order valence-corrected chi connectivity index (χ1v) is 10.1. The summed E-state index contributed by atoms with van der Waals surface area (Å²) < 4.78 is 1.99. The number of hydrogen-bond donors (Lipinski definition) is 0. The van der Waals surface area contributed by atoms with E-state index in [0.717, 1.165) is 18.5 Å². The van der Waals surface area contributed by atoms with Crippen LogP contribution in [0.25, 0.3) is 0 Å². The highest BCUT2D eigenvalue weighted by molar-refractivity contribution is 5.97. The Morgan fingerprint density at radius 3 is 2.50 bits per heavy atom. The molecular formula is C22H28N4O4. The summed E-state index contributed by atoms with van der Waals surface area (Å²) >= 11 is 0. The number of nitro groups is 1. The van der Waals surface area contributed by atoms with Crippen LogP contribution in [0.1, 0.15) is 48.3 Å². The van der Waals surface area contributed by atoms with E-state index in [-0.39, 0.29) is 41.7 Å². The smallest absolute Gasteiger partial charge is 0.273 e. The molecule has 30 heavy (non-hydrogen) atoms. The second-order valence-electron chi connectivity index (χ2n) is 8.15. The van der Waals surface area contributed by atoms with E-state index >= 15 is 0 Å². The average molecular weight is 412 g/mol. The van der Waals surface area contributed by atoms with Crippen LogP contribution in [0.4, 0.5) is 5.69 Å². The number of hydrogen-bond acceptors (Lipinski definition) is 4. The van der Waals surface area contributed by atoms with Crippen LogP contribution >= 0.6 is 0 Å². The molecule has 1 saturated carbocycles. The van der Waals surface area contributed by atoms with Gasteiger partial charge in [0.05, 0.1) is 11.5 Å². The van der Waals surface area contributed by atoms with Gasteiger partial charge in [0.15, 0.2) is 0 Å². The number of benzene rings is 1. The predicted octanol–water partition coefficient (Wildman–Crippen LogP) is 3.28. The van der Waals surface area contributed by atoms with E-state index in [2.05, 4.69) is 0 Å². The second kappa shape index (κ2) is 8.69. The van der Waals surface area contributed by atoms with Crippen LogP contribution in [-0.2, 0) is 18.4 Å². The van der Waals surface area contributed by atoms with Gasteiger partial charge < -0.3 is 14.4 Å². The number of nitro benzene ring substituents is 1. The molecular weight excluding hydrogens is 384 g/mol. The maximum absolute atomic E-state index is 13.2. The van der Waals surface area contributed by atoms with Gasteiger partial charge in [-0.15, -0.1) is 0 Å². The average Bonchev–Trinajstić information content (AvgIpc) is 3.45. The van der Waals surface area contributed by atoms with Crippen molar-refractivity contribution in [2.24, 2.45) is 7.05 Å². The Hall–Kier alpha value is -3.16. The summed E-state index contributed by atoms with van der Waals surface area (Å²) in [5, 5.41) is 11.2. The van der Waals surface area contributed by atoms with Crippen molar-refractivity contribution in [3.8, 4) is 0 Å². The van der Waals surface area contributed by atoms with E-state index in [4.69, 9.17) is 0 Å². The van der Waals surface area contributed by atoms with Crippen LogP contribution < -0.4 is 0 Å². The maximum atomic E-state index is 13.2. The van der Waals surface area contributed by atoms with E-state index in [1.54, 1.807) is 19.1 Å². The van der Waals surface area contributed by atoms with Crippen LogP contribution in [0.15, 0.2) is 36.5 Å². The normalized spacial score (nSPS) is 13.4. The molecule has 160 valence electrons. The summed E-state index contributed by atoms with van der Waals surface area (Å²) in [4.78, 5) is 40.4. The summed E-state index contributed by atoms with van der Waals surface area (Å²) in [7, 11) is 1.94. The number of nitrogens with zero attached hydrogens (tertiary/aromatic N) is 4. The number of carbonyl (C=O) groups excluding carboxylic acids is 2. The Labute approximate surface area is 176 Å². The van der Waals surface area contributed by atoms with Gasteiger partial charge in [0.2, 0.25) is 5.91 Å². The summed E-state index contributed by atoms with van der Waals surface area (Å²) in [5.74, 6) is -0.488. The molecule has 0 saturated heterocycles. The third kappa shape index (κ3) is 4.69. The number of aromatic nitrogens is 1. The largest absolute Gasteiger partial charge is 0.353 e. The van der Waals surface area contributed by atoms with Gasteiger partial charge in [-0.25, -0.2) is 0 Å². The third-order valence-corrected chi connectivity index (χ3v) is 5.53. The topological polar surface area (TPSA) is 88.7 Å². The molecule has 3 rings (SSSR count). The molecule has 0 bridgehead atoms. The Kier molecular flexibility index (Phi) is 6.24. The van der Waals surface area contributed by atoms with Gasteiger partial charge in [-0.3, -0.25) is 19.7 Å². The maximum Gasteiger partial charge on any atom is 0.273 e. The Morgan fingerprint density at radius 2 is 1.97 bits per heavy atom. The fourth-order valence-corrected chi connectivity index (χ4v) is 3.47. The minimum absolute atomic E-state index is 0.0565. The van der Waals surface area contributed by atoms with Crippen LogP contribution in [0.2, 0.25) is 0 Å². The molecule has 1 fully saturated rings. The molecule has 1 heterocycles. The van der Waals surface area contributed by atoms with Crippen molar-refractivity contribution >= 4 is 17.5 Å². The lowest BCUT2D eigenvalue weighted by atomic mass is 10.1. The fourth-order valence-electron chi connectivity index (χ4n) is 3.47. The van der Waals surface area contributed by atoms with Crippen molar-refractivity contribution in [2.75, 3.05) is 6.54 Å². The van der Waals surface area contributed by atoms with Gasteiger partial charge >= 0.3 is 0 Å². The van der Waals surface area contributed by atoms with Crippen molar-refractivity contribution in [3.63, 3.8) is 0 Å². The van der Waals surface area contributed by atoms with E-state index in [9.17, 15) is 19.7 Å². The first-order chi connectivity index (χ1) is 14.2. The van der Waals surface area contributed by atoms with Crippen molar-refractivity contribution in [1.29, 1.82) is 0 Å². The Morgan fingerprint density at radius 1 is 1.27 bits per heavy atom. The second-order valence-corrected chi connectivity index (χ2v) is 8.15. The fraction of sp³-hybridized carbons (Fsp3) is 0.455. The molecule has 2 amide bonds. The molecule has 0 N–H and O–H groups in total. The zero-order valence-corrected chi connectivity index (χ0v) is 17.9. The molecule has 8 nitrogen and oxygen atoms in total. The molecule has 1 aliphatic carbocycles. The number of carbonyl (C=O) groups is 2. The quantitative estimate of drug-likeness (QED) is 0.492. The van der Waals surface area contributed by atoms with Crippen LogP contribution in [0.3, 0.4) is 0 Å². The monoisotopic (exact) mass is 412 g/mol. The van der Waals surface area contributed by atoms with Crippen LogP contribution in [0.5, 0.6) is 0 Å². The molecule has 1 aliphatic rings. The lowest BCUT2D eigenvalue weighted by Crippen LogP contribution is -2.46. The lowest BCUT2D eigenvalue weighted by molar-refractivity contribution is -0.385. The first kappa shape index (κ1) is 21.5. The minimum Gasteiger partial charge on any atom is -0.353 e. The molecule has 2 aromatic rings. The van der Waals surface area contributed by atoms with Crippen molar-refractivity contribution in [2.45, 2.75) is 52.2 Å². The third-order valence-electron chi connectivity index (χ3n) is 5.53. The summed E-state index contributed by atoms with van der Waals surface area (Å²) in [6.07, 6.45) is 3.88.